The van der Waals surface area contributed by atoms with Gasteiger partial charge >= 0.3 is 17.9 Å². The topological polar surface area (TPSA) is 137 Å². The molecule has 3 N–H and O–H groups in total. The second-order valence-corrected chi connectivity index (χ2v) is 11.3. The number of carbonyl (C=O) groups excluding carboxylic acids is 1. The first kappa shape index (κ1) is 26.6. The van der Waals surface area contributed by atoms with E-state index in [0.29, 0.717) is 37.1 Å². The summed E-state index contributed by atoms with van der Waals surface area (Å²) in [6.07, 6.45) is 3.15. The Morgan fingerprint density at radius 2 is 1.67 bits per heavy atom. The highest BCUT2D eigenvalue weighted by Gasteiger charge is 2.63. The number of carboxylic acid groups (broad SMARTS) is 2. The fraction of sp³-hybridized carbons (Fsp3) is 0.667. The lowest BCUT2D eigenvalue weighted by Gasteiger charge is -2.38. The number of aliphatic hydroxyl groups excluding tert-OH is 1. The van der Waals surface area contributed by atoms with E-state index in [1.807, 2.05) is 30.3 Å². The minimum atomic E-state index is -0.921. The van der Waals surface area contributed by atoms with E-state index in [2.05, 4.69) is 11.9 Å². The van der Waals surface area contributed by atoms with Gasteiger partial charge in [0.05, 0.1) is 17.9 Å². The van der Waals surface area contributed by atoms with Crippen molar-refractivity contribution in [2.45, 2.75) is 82.8 Å². The van der Waals surface area contributed by atoms with Gasteiger partial charge in [-0.15, -0.1) is 0 Å². The molecule has 0 aromatic heterocycles. The Hall–Kier alpha value is -2.49. The van der Waals surface area contributed by atoms with Crippen molar-refractivity contribution in [1.82, 2.24) is 4.90 Å². The van der Waals surface area contributed by atoms with Gasteiger partial charge in [0.25, 0.3) is 0 Å². The predicted molar refractivity (Wildman–Crippen MR) is 129 cm³/mol. The molecule has 3 heterocycles. The molecule has 7 unspecified atom stereocenters. The molecular formula is C27H37NO8. The highest BCUT2D eigenvalue weighted by Crippen LogP contribution is 2.56. The number of ether oxygens (including phenoxy) is 2. The van der Waals surface area contributed by atoms with E-state index in [4.69, 9.17) is 19.7 Å². The summed E-state index contributed by atoms with van der Waals surface area (Å²) in [6.45, 7) is 4.87. The molecule has 5 rings (SSSR count). The Balaban J connectivity index is 0.000000189. The van der Waals surface area contributed by atoms with E-state index >= 15 is 0 Å². The van der Waals surface area contributed by atoms with E-state index in [-0.39, 0.29) is 18.7 Å². The lowest BCUT2D eigenvalue weighted by Crippen LogP contribution is -2.48. The summed E-state index contributed by atoms with van der Waals surface area (Å²) in [5, 5.41) is 27.6. The molecule has 0 radical (unpaired) electrons. The van der Waals surface area contributed by atoms with Gasteiger partial charge in [-0.25, -0.2) is 0 Å². The Labute approximate surface area is 211 Å². The molecule has 9 nitrogen and oxygen atoms in total. The minimum Gasteiger partial charge on any atom is -0.481 e. The van der Waals surface area contributed by atoms with Gasteiger partial charge in [-0.1, -0.05) is 44.2 Å². The first-order valence-corrected chi connectivity index (χ1v) is 12.6. The average Bonchev–Trinajstić information content (AvgIpc) is 3.53. The Bertz CT molecular complexity index is 979. The van der Waals surface area contributed by atoms with Crippen molar-refractivity contribution in [2.24, 2.45) is 16.7 Å². The van der Waals surface area contributed by atoms with Gasteiger partial charge in [0.1, 0.15) is 24.2 Å². The molecule has 3 aliphatic heterocycles. The highest BCUT2D eigenvalue weighted by atomic mass is 16.6. The number of aliphatic hydroxyl groups is 1. The van der Waals surface area contributed by atoms with Crippen LogP contribution in [-0.4, -0.2) is 82.2 Å². The van der Waals surface area contributed by atoms with Crippen molar-refractivity contribution in [1.29, 1.82) is 0 Å². The van der Waals surface area contributed by atoms with Crippen molar-refractivity contribution >= 4 is 17.9 Å². The van der Waals surface area contributed by atoms with E-state index in [0.717, 1.165) is 18.4 Å². The van der Waals surface area contributed by atoms with Gasteiger partial charge in [0.2, 0.25) is 0 Å². The van der Waals surface area contributed by atoms with Crippen molar-refractivity contribution < 1.29 is 39.2 Å². The van der Waals surface area contributed by atoms with Gasteiger partial charge in [-0.05, 0) is 37.8 Å². The number of nitrogens with zero attached hydrogens (tertiary/aromatic N) is 1. The van der Waals surface area contributed by atoms with Crippen LogP contribution in [-0.2, 0) is 23.9 Å². The lowest BCUT2D eigenvalue weighted by molar-refractivity contribution is -0.158. The second kappa shape index (κ2) is 9.76. The molecule has 0 spiro atoms. The molecule has 1 aromatic rings. The molecule has 1 aliphatic carbocycles. The number of epoxide rings is 1. The molecule has 2 bridgehead atoms. The molecule has 198 valence electrons. The van der Waals surface area contributed by atoms with E-state index < -0.39 is 34.6 Å². The maximum atomic E-state index is 12.4. The van der Waals surface area contributed by atoms with Crippen LogP contribution in [0, 0.1) is 16.7 Å². The summed E-state index contributed by atoms with van der Waals surface area (Å²) < 4.78 is 11.4. The molecule has 9 heteroatoms. The Morgan fingerprint density at radius 1 is 1.08 bits per heavy atom. The maximum Gasteiger partial charge on any atom is 0.316 e. The zero-order valence-electron chi connectivity index (χ0n) is 21.3. The number of benzene rings is 1. The number of carboxylic acids is 2. The first-order chi connectivity index (χ1) is 16.9. The number of fused-ring (bicyclic) bond motifs is 5. The average molecular weight is 504 g/mol. The van der Waals surface area contributed by atoms with E-state index in [9.17, 15) is 19.5 Å². The molecule has 4 aliphatic rings. The normalized spacial score (nSPS) is 36.7. The van der Waals surface area contributed by atoms with Crippen molar-refractivity contribution in [3.05, 3.63) is 35.9 Å². The summed E-state index contributed by atoms with van der Waals surface area (Å²) in [7, 11) is 2.13. The van der Waals surface area contributed by atoms with Gasteiger partial charge in [0, 0.05) is 24.9 Å². The zero-order valence-corrected chi connectivity index (χ0v) is 21.3. The van der Waals surface area contributed by atoms with Gasteiger partial charge in [0.15, 0.2) is 0 Å². The zero-order chi connectivity index (χ0) is 26.4. The van der Waals surface area contributed by atoms with Gasteiger partial charge in [-0.2, -0.15) is 0 Å². The fourth-order valence-electron chi connectivity index (χ4n) is 6.36. The smallest absolute Gasteiger partial charge is 0.316 e. The first-order valence-electron chi connectivity index (χ1n) is 12.6. The Kier molecular flexibility index (Phi) is 7.20. The van der Waals surface area contributed by atoms with Crippen LogP contribution in [0.4, 0.5) is 0 Å². The van der Waals surface area contributed by atoms with Gasteiger partial charge < -0.3 is 24.8 Å². The number of esters is 1. The highest BCUT2D eigenvalue weighted by molar-refractivity contribution is 5.80. The quantitative estimate of drug-likeness (QED) is 0.395. The molecule has 0 amide bonds. The maximum absolute atomic E-state index is 12.4. The monoisotopic (exact) mass is 503 g/mol. The third-order valence-electron chi connectivity index (χ3n) is 9.32. The van der Waals surface area contributed by atoms with Crippen molar-refractivity contribution in [3.8, 4) is 0 Å². The molecule has 4 fully saturated rings. The predicted octanol–water partition coefficient (Wildman–Crippen LogP) is 2.52. The summed E-state index contributed by atoms with van der Waals surface area (Å²) >= 11 is 0. The van der Waals surface area contributed by atoms with Gasteiger partial charge in [-0.3, -0.25) is 19.3 Å². The van der Waals surface area contributed by atoms with Crippen LogP contribution in [0.25, 0.3) is 0 Å². The number of morpholine rings is 1. The molecule has 1 aromatic carbocycles. The van der Waals surface area contributed by atoms with Crippen LogP contribution < -0.4 is 0 Å². The summed E-state index contributed by atoms with van der Waals surface area (Å²) in [5.41, 5.74) is -0.808. The number of hydrogen-bond donors (Lipinski definition) is 3. The number of likely N-dealkylation sites (N-methyl/N-ethyl adjacent to an activating group) is 1. The molecule has 7 atom stereocenters. The molecular weight excluding hydrogens is 466 g/mol. The van der Waals surface area contributed by atoms with Crippen molar-refractivity contribution in [3.63, 3.8) is 0 Å². The summed E-state index contributed by atoms with van der Waals surface area (Å²) in [4.78, 5) is 36.8. The third kappa shape index (κ3) is 4.53. The van der Waals surface area contributed by atoms with Crippen LogP contribution in [0.5, 0.6) is 0 Å². The van der Waals surface area contributed by atoms with Crippen LogP contribution in [0.1, 0.15) is 57.9 Å². The number of piperidine rings is 1. The second-order valence-electron chi connectivity index (χ2n) is 11.3. The SMILES string of the molecule is CC1(C(=O)O)CCC(C(=O)O)C1(C)C.CN1C2CC(OC(=O)C(CO)c3ccccc3)CC1C1OC12. The number of hydrogen-bond acceptors (Lipinski definition) is 7. The largest absolute Gasteiger partial charge is 0.481 e. The Morgan fingerprint density at radius 3 is 2.11 bits per heavy atom. The number of carbonyl (C=O) groups is 3. The third-order valence-corrected chi connectivity index (χ3v) is 9.32. The molecule has 36 heavy (non-hydrogen) atoms. The van der Waals surface area contributed by atoms with Crippen LogP contribution >= 0.6 is 0 Å². The molecule has 3 saturated heterocycles. The number of rotatable bonds is 6. The lowest BCUT2D eigenvalue weighted by atomic mass is 9.66. The summed E-state index contributed by atoms with van der Waals surface area (Å²) in [6, 6.07) is 10.1. The van der Waals surface area contributed by atoms with E-state index in [1.165, 1.54) is 0 Å². The van der Waals surface area contributed by atoms with E-state index in [1.54, 1.807) is 20.8 Å². The fourth-order valence-corrected chi connectivity index (χ4v) is 6.36. The number of aliphatic carboxylic acids is 2. The standard InChI is InChI=1S/C17H21NO4.C10H16O4/c1-18-13-7-11(8-14(18)16-15(13)22-16)21-17(20)12(9-19)10-5-3-2-4-6-10;1-9(2)6(7(11)12)4-5-10(9,3)8(13)14/h2-6,11-16,19H,7-9H2,1H3;6H,4-5H2,1-3H3,(H,11,12)(H,13,14). The minimum absolute atomic E-state index is 0.0622. The van der Waals surface area contributed by atoms with Crippen LogP contribution in [0.15, 0.2) is 30.3 Å². The summed E-state index contributed by atoms with van der Waals surface area (Å²) in [5.74, 6) is -3.25. The van der Waals surface area contributed by atoms with Crippen LogP contribution in [0.2, 0.25) is 0 Å². The van der Waals surface area contributed by atoms with Crippen LogP contribution in [0.3, 0.4) is 0 Å². The molecule has 1 saturated carbocycles. The van der Waals surface area contributed by atoms with Crippen molar-refractivity contribution in [2.75, 3.05) is 13.7 Å².